The minimum absolute atomic E-state index is 0.0435. The minimum atomic E-state index is -0.417. The summed E-state index contributed by atoms with van der Waals surface area (Å²) in [5.41, 5.74) is 0.769. The lowest BCUT2D eigenvalue weighted by atomic mass is 9.97. The molecule has 21 heavy (non-hydrogen) atoms. The number of Topliss-reactive ketones (excluding diaryl/α,β-unsaturated/α-hetero) is 1. The molecule has 1 aliphatic carbocycles. The topological polar surface area (TPSA) is 52.6 Å². The van der Waals surface area contributed by atoms with E-state index < -0.39 is 5.82 Å². The SMILES string of the molecule is CCOC(=O)[C@@H]1[C@@H]2COc3c(C(=O)CC)ccc(F)c3[C@@H]21. The van der Waals surface area contributed by atoms with Crippen molar-refractivity contribution in [3.8, 4) is 5.75 Å². The molecule has 0 spiro atoms. The largest absolute Gasteiger partial charge is 0.492 e. The molecule has 2 aliphatic rings. The Morgan fingerprint density at radius 3 is 2.81 bits per heavy atom. The predicted molar refractivity (Wildman–Crippen MR) is 72.9 cm³/mol. The quantitative estimate of drug-likeness (QED) is 0.632. The van der Waals surface area contributed by atoms with E-state index in [-0.39, 0.29) is 29.5 Å². The number of carbonyl (C=O) groups is 2. The Bertz CT molecular complexity index is 611. The van der Waals surface area contributed by atoms with Crippen molar-refractivity contribution in [2.75, 3.05) is 13.2 Å². The summed E-state index contributed by atoms with van der Waals surface area (Å²) in [5.74, 6) is -1.12. The first-order valence-corrected chi connectivity index (χ1v) is 7.25. The average molecular weight is 292 g/mol. The van der Waals surface area contributed by atoms with Crippen LogP contribution in [0.15, 0.2) is 12.1 Å². The maximum atomic E-state index is 14.2. The van der Waals surface area contributed by atoms with Crippen LogP contribution in [0, 0.1) is 17.7 Å². The van der Waals surface area contributed by atoms with E-state index in [4.69, 9.17) is 9.47 Å². The van der Waals surface area contributed by atoms with Crippen LogP contribution < -0.4 is 4.74 Å². The van der Waals surface area contributed by atoms with Gasteiger partial charge in [-0.15, -0.1) is 0 Å². The van der Waals surface area contributed by atoms with Crippen LogP contribution in [-0.4, -0.2) is 25.0 Å². The first-order valence-electron chi connectivity index (χ1n) is 7.25. The number of fused-ring (bicyclic) bond motifs is 3. The summed E-state index contributed by atoms with van der Waals surface area (Å²) in [6.07, 6.45) is 0.330. The van der Waals surface area contributed by atoms with Crippen LogP contribution in [0.1, 0.15) is 42.1 Å². The Morgan fingerprint density at radius 2 is 2.14 bits per heavy atom. The van der Waals surface area contributed by atoms with Gasteiger partial charge >= 0.3 is 5.97 Å². The highest BCUT2D eigenvalue weighted by molar-refractivity contribution is 5.99. The van der Waals surface area contributed by atoms with Gasteiger partial charge in [0.15, 0.2) is 5.78 Å². The Balaban J connectivity index is 1.99. The lowest BCUT2D eigenvalue weighted by Gasteiger charge is -2.19. The molecular weight excluding hydrogens is 275 g/mol. The van der Waals surface area contributed by atoms with Crippen molar-refractivity contribution in [2.45, 2.75) is 26.2 Å². The van der Waals surface area contributed by atoms with Gasteiger partial charge < -0.3 is 9.47 Å². The van der Waals surface area contributed by atoms with Gasteiger partial charge in [-0.05, 0) is 19.1 Å². The Kier molecular flexibility index (Phi) is 3.43. The number of ketones is 1. The second-order valence-electron chi connectivity index (χ2n) is 5.39. The predicted octanol–water partition coefficient (Wildman–Crippen LogP) is 2.70. The molecule has 112 valence electrons. The second kappa shape index (κ2) is 5.13. The molecule has 3 rings (SSSR count). The smallest absolute Gasteiger partial charge is 0.309 e. The van der Waals surface area contributed by atoms with Crippen LogP contribution in [0.2, 0.25) is 0 Å². The van der Waals surface area contributed by atoms with Crippen LogP contribution in [-0.2, 0) is 9.53 Å². The highest BCUT2D eigenvalue weighted by Crippen LogP contribution is 2.60. The van der Waals surface area contributed by atoms with Crippen molar-refractivity contribution < 1.29 is 23.5 Å². The van der Waals surface area contributed by atoms with Crippen molar-refractivity contribution in [3.63, 3.8) is 0 Å². The van der Waals surface area contributed by atoms with Crippen molar-refractivity contribution >= 4 is 11.8 Å². The normalized spacial score (nSPS) is 25.4. The van der Waals surface area contributed by atoms with Gasteiger partial charge in [-0.3, -0.25) is 9.59 Å². The van der Waals surface area contributed by atoms with Gasteiger partial charge in [0.2, 0.25) is 0 Å². The zero-order valence-corrected chi connectivity index (χ0v) is 12.0. The fourth-order valence-electron chi connectivity index (χ4n) is 3.17. The van der Waals surface area contributed by atoms with E-state index in [9.17, 15) is 14.0 Å². The van der Waals surface area contributed by atoms with Crippen molar-refractivity contribution in [2.24, 2.45) is 11.8 Å². The van der Waals surface area contributed by atoms with Gasteiger partial charge in [-0.1, -0.05) is 6.92 Å². The van der Waals surface area contributed by atoms with E-state index in [1.165, 1.54) is 12.1 Å². The van der Waals surface area contributed by atoms with Gasteiger partial charge in [0.05, 0.1) is 24.7 Å². The maximum Gasteiger partial charge on any atom is 0.309 e. The van der Waals surface area contributed by atoms with Crippen molar-refractivity contribution in [1.29, 1.82) is 0 Å². The van der Waals surface area contributed by atoms with E-state index in [1.807, 2.05) is 0 Å². The van der Waals surface area contributed by atoms with E-state index in [0.717, 1.165) is 0 Å². The summed E-state index contributed by atoms with van der Waals surface area (Å²) in [6, 6.07) is 2.75. The Labute approximate surface area is 122 Å². The van der Waals surface area contributed by atoms with Gasteiger partial charge in [-0.2, -0.15) is 0 Å². The molecule has 1 fully saturated rings. The molecule has 0 bridgehead atoms. The molecule has 1 aliphatic heterocycles. The molecule has 4 nitrogen and oxygen atoms in total. The molecule has 1 aromatic rings. The van der Waals surface area contributed by atoms with Gasteiger partial charge in [0.25, 0.3) is 0 Å². The third kappa shape index (κ3) is 2.11. The summed E-state index contributed by atoms with van der Waals surface area (Å²) in [7, 11) is 0. The van der Waals surface area contributed by atoms with Crippen LogP contribution in [0.4, 0.5) is 4.39 Å². The number of esters is 1. The molecule has 1 saturated carbocycles. The number of benzene rings is 1. The fourth-order valence-corrected chi connectivity index (χ4v) is 3.17. The van der Waals surface area contributed by atoms with E-state index in [0.29, 0.717) is 36.5 Å². The number of halogens is 1. The molecule has 0 unspecified atom stereocenters. The molecule has 0 amide bonds. The third-order valence-corrected chi connectivity index (χ3v) is 4.25. The lowest BCUT2D eigenvalue weighted by Crippen LogP contribution is -2.14. The number of rotatable bonds is 4. The highest BCUT2D eigenvalue weighted by Gasteiger charge is 2.61. The number of hydrogen-bond acceptors (Lipinski definition) is 4. The molecule has 5 heteroatoms. The average Bonchev–Trinajstić information content (AvgIpc) is 3.21. The monoisotopic (exact) mass is 292 g/mol. The summed E-state index contributed by atoms with van der Waals surface area (Å²) >= 11 is 0. The molecular formula is C16H17FO4. The fraction of sp³-hybridized carbons (Fsp3) is 0.500. The second-order valence-corrected chi connectivity index (χ2v) is 5.39. The molecule has 0 radical (unpaired) electrons. The van der Waals surface area contributed by atoms with Gasteiger partial charge in [0, 0.05) is 23.8 Å². The number of ether oxygens (including phenoxy) is 2. The van der Waals surface area contributed by atoms with Crippen LogP contribution >= 0.6 is 0 Å². The van der Waals surface area contributed by atoms with Crippen LogP contribution in [0.25, 0.3) is 0 Å². The van der Waals surface area contributed by atoms with Crippen LogP contribution in [0.5, 0.6) is 5.75 Å². The van der Waals surface area contributed by atoms with E-state index in [1.54, 1.807) is 13.8 Å². The summed E-state index contributed by atoms with van der Waals surface area (Å²) in [6.45, 7) is 4.13. The van der Waals surface area contributed by atoms with Crippen molar-refractivity contribution in [3.05, 3.63) is 29.1 Å². The zero-order valence-electron chi connectivity index (χ0n) is 12.0. The first-order chi connectivity index (χ1) is 10.1. The standard InChI is InChI=1S/C16H17FO4/c1-3-11(18)8-5-6-10(17)14-12-9(7-21-15(8)14)13(12)16(19)20-4-2/h5-6,9,12-13H,3-4,7H2,1-2H3/t9-,12+,13-/m1/s1. The zero-order chi connectivity index (χ0) is 15.1. The summed E-state index contributed by atoms with van der Waals surface area (Å²) in [4.78, 5) is 23.8. The van der Waals surface area contributed by atoms with E-state index in [2.05, 4.69) is 0 Å². The van der Waals surface area contributed by atoms with E-state index >= 15 is 0 Å². The Hall–Kier alpha value is -1.91. The molecule has 0 N–H and O–H groups in total. The third-order valence-electron chi connectivity index (χ3n) is 4.25. The van der Waals surface area contributed by atoms with Gasteiger partial charge in [-0.25, -0.2) is 4.39 Å². The van der Waals surface area contributed by atoms with Crippen LogP contribution in [0.3, 0.4) is 0 Å². The molecule has 0 saturated heterocycles. The lowest BCUT2D eigenvalue weighted by molar-refractivity contribution is -0.145. The number of carbonyl (C=O) groups excluding carboxylic acids is 2. The Morgan fingerprint density at radius 1 is 1.38 bits per heavy atom. The molecule has 1 aromatic carbocycles. The van der Waals surface area contributed by atoms with Crippen molar-refractivity contribution in [1.82, 2.24) is 0 Å². The molecule has 0 aromatic heterocycles. The first kappa shape index (κ1) is 14.0. The highest BCUT2D eigenvalue weighted by atomic mass is 19.1. The number of hydrogen-bond donors (Lipinski definition) is 0. The molecule has 1 heterocycles. The maximum absolute atomic E-state index is 14.2. The summed E-state index contributed by atoms with van der Waals surface area (Å²) in [5, 5.41) is 0. The van der Waals surface area contributed by atoms with Gasteiger partial charge in [0.1, 0.15) is 11.6 Å². The molecule has 3 atom stereocenters. The summed E-state index contributed by atoms with van der Waals surface area (Å²) < 4.78 is 24.8. The minimum Gasteiger partial charge on any atom is -0.492 e.